The molecule has 0 amide bonds. The van der Waals surface area contributed by atoms with Gasteiger partial charge in [0, 0.05) is 0 Å². The second-order valence-corrected chi connectivity index (χ2v) is 10.6. The minimum absolute atomic E-state index is 0.345. The normalized spacial score (nSPS) is 33.5. The topological polar surface area (TPSA) is 12.5 Å². The highest BCUT2D eigenvalue weighted by Crippen LogP contribution is 2.49. The molecule has 0 aliphatic carbocycles. The Morgan fingerprint density at radius 1 is 1.15 bits per heavy atom. The third-order valence-electron chi connectivity index (χ3n) is 3.26. The number of hydrogen-bond acceptors (Lipinski definition) is 1. The van der Waals surface area contributed by atoms with Crippen LogP contribution < -0.4 is 0 Å². The van der Waals surface area contributed by atoms with E-state index in [1.165, 1.54) is 25.7 Å². The van der Waals surface area contributed by atoms with Crippen molar-refractivity contribution >= 4 is 8.07 Å². The molecule has 0 unspecified atom stereocenters. The van der Waals surface area contributed by atoms with E-state index in [4.69, 9.17) is 4.74 Å². The molecule has 0 saturated carbocycles. The molecule has 2 atom stereocenters. The van der Waals surface area contributed by atoms with E-state index in [9.17, 15) is 0 Å². The molecular formula is C11H24OSi. The van der Waals surface area contributed by atoms with Crippen molar-refractivity contribution in [3.63, 3.8) is 0 Å². The monoisotopic (exact) mass is 200 g/mol. The van der Waals surface area contributed by atoms with Crippen LogP contribution in [0.15, 0.2) is 0 Å². The van der Waals surface area contributed by atoms with Crippen molar-refractivity contribution < 1.29 is 4.74 Å². The Labute approximate surface area is 83.9 Å². The molecular weight excluding hydrogens is 176 g/mol. The van der Waals surface area contributed by atoms with E-state index < -0.39 is 8.07 Å². The van der Waals surface area contributed by atoms with Crippen LogP contribution in [0, 0.1) is 0 Å². The molecule has 1 saturated heterocycles. The maximum absolute atomic E-state index is 6.01. The lowest BCUT2D eigenvalue weighted by atomic mass is 10.1. The van der Waals surface area contributed by atoms with E-state index in [2.05, 4.69) is 33.5 Å². The van der Waals surface area contributed by atoms with Gasteiger partial charge >= 0.3 is 0 Å². The smallest absolute Gasteiger partial charge is 0.0858 e. The van der Waals surface area contributed by atoms with E-state index in [-0.39, 0.29) is 0 Å². The highest BCUT2D eigenvalue weighted by atomic mass is 28.3. The Hall–Kier alpha value is 0.177. The number of epoxide rings is 1. The first-order chi connectivity index (χ1) is 5.98. The molecule has 13 heavy (non-hydrogen) atoms. The average Bonchev–Trinajstić information content (AvgIpc) is 2.64. The molecule has 0 aromatic heterocycles. The van der Waals surface area contributed by atoms with Gasteiger partial charge in [-0.3, -0.25) is 0 Å². The van der Waals surface area contributed by atoms with Gasteiger partial charge in [-0.05, 0) is 12.8 Å². The summed E-state index contributed by atoms with van der Waals surface area (Å²) in [6.45, 7) is 11.9. The van der Waals surface area contributed by atoms with E-state index >= 15 is 0 Å². The lowest BCUT2D eigenvalue weighted by Crippen LogP contribution is -2.43. The highest BCUT2D eigenvalue weighted by molar-refractivity contribution is 6.79. The van der Waals surface area contributed by atoms with Gasteiger partial charge in [0.15, 0.2) is 0 Å². The molecule has 1 nitrogen and oxygen atoms in total. The summed E-state index contributed by atoms with van der Waals surface area (Å²) in [6, 6.07) is 0. The van der Waals surface area contributed by atoms with Gasteiger partial charge in [-0.15, -0.1) is 0 Å². The fourth-order valence-electron chi connectivity index (χ4n) is 2.40. The van der Waals surface area contributed by atoms with Crippen LogP contribution in [0.4, 0.5) is 0 Å². The first-order valence-electron chi connectivity index (χ1n) is 5.65. The molecule has 0 aromatic rings. The van der Waals surface area contributed by atoms with Crippen LogP contribution in [0.2, 0.25) is 19.6 Å². The van der Waals surface area contributed by atoms with E-state index in [0.29, 0.717) is 11.3 Å². The molecule has 1 heterocycles. The quantitative estimate of drug-likeness (QED) is 0.488. The van der Waals surface area contributed by atoms with E-state index in [0.717, 1.165) is 0 Å². The lowest BCUT2D eigenvalue weighted by Gasteiger charge is -2.26. The summed E-state index contributed by atoms with van der Waals surface area (Å²) in [7, 11) is -1.12. The Balaban J connectivity index is 2.60. The van der Waals surface area contributed by atoms with Crippen molar-refractivity contribution in [1.82, 2.24) is 0 Å². The van der Waals surface area contributed by atoms with Gasteiger partial charge in [-0.25, -0.2) is 0 Å². The Morgan fingerprint density at radius 3 is 2.15 bits per heavy atom. The molecule has 0 bridgehead atoms. The van der Waals surface area contributed by atoms with Crippen molar-refractivity contribution in [1.29, 1.82) is 0 Å². The van der Waals surface area contributed by atoms with Crippen LogP contribution in [-0.4, -0.2) is 19.4 Å². The predicted molar refractivity (Wildman–Crippen MR) is 60.8 cm³/mol. The largest absolute Gasteiger partial charge is 0.370 e. The summed E-state index contributed by atoms with van der Waals surface area (Å²) in [4.78, 5) is 0. The van der Waals surface area contributed by atoms with Gasteiger partial charge in [-0.1, -0.05) is 46.3 Å². The Kier molecular flexibility index (Phi) is 3.23. The SMILES string of the molecule is CCC[C@@H]1O[C@]1(CCC)[Si](C)(C)C. The first kappa shape index (κ1) is 11.3. The Bertz CT molecular complexity index is 173. The number of rotatable bonds is 5. The van der Waals surface area contributed by atoms with Crippen LogP contribution in [0.5, 0.6) is 0 Å². The summed E-state index contributed by atoms with van der Waals surface area (Å²) >= 11 is 0. The molecule has 1 aliphatic rings. The van der Waals surface area contributed by atoms with Crippen LogP contribution in [0.3, 0.4) is 0 Å². The Morgan fingerprint density at radius 2 is 1.77 bits per heavy atom. The fraction of sp³-hybridized carbons (Fsp3) is 1.00. The zero-order chi connectivity index (χ0) is 10.1. The van der Waals surface area contributed by atoms with Crippen LogP contribution in [0.25, 0.3) is 0 Å². The summed E-state index contributed by atoms with van der Waals surface area (Å²) < 4.78 is 6.01. The first-order valence-corrected chi connectivity index (χ1v) is 9.15. The maximum atomic E-state index is 6.01. The second kappa shape index (κ2) is 3.74. The number of hydrogen-bond donors (Lipinski definition) is 0. The molecule has 2 heteroatoms. The molecule has 0 radical (unpaired) electrons. The zero-order valence-corrected chi connectivity index (χ0v) is 10.8. The van der Waals surface area contributed by atoms with Gasteiger partial charge in [0.1, 0.15) is 0 Å². The van der Waals surface area contributed by atoms with E-state index in [1.807, 2.05) is 0 Å². The van der Waals surface area contributed by atoms with Gasteiger partial charge in [0.05, 0.1) is 19.4 Å². The van der Waals surface area contributed by atoms with E-state index in [1.54, 1.807) is 0 Å². The van der Waals surface area contributed by atoms with Gasteiger partial charge in [0.25, 0.3) is 0 Å². The molecule has 78 valence electrons. The van der Waals surface area contributed by atoms with Gasteiger partial charge in [-0.2, -0.15) is 0 Å². The third-order valence-corrected chi connectivity index (χ3v) is 6.49. The fourth-order valence-corrected chi connectivity index (χ4v) is 5.01. The molecule has 1 fully saturated rings. The van der Waals surface area contributed by atoms with Gasteiger partial charge < -0.3 is 4.74 Å². The van der Waals surface area contributed by atoms with Crippen LogP contribution >= 0.6 is 0 Å². The standard InChI is InChI=1S/C11H24OSi/c1-6-8-10-11(12-10,9-7-2)13(3,4)5/h10H,6-9H2,1-5H3/t10-,11+/m0/s1. The number of ether oxygens (including phenoxy) is 1. The molecule has 0 spiro atoms. The highest BCUT2D eigenvalue weighted by Gasteiger charge is 2.62. The summed E-state index contributed by atoms with van der Waals surface area (Å²) in [5.74, 6) is 0. The van der Waals surface area contributed by atoms with Crippen molar-refractivity contribution in [2.45, 2.75) is 70.5 Å². The summed E-state index contributed by atoms with van der Waals surface area (Å²) in [6.07, 6.45) is 5.69. The predicted octanol–water partition coefficient (Wildman–Crippen LogP) is 3.60. The van der Waals surface area contributed by atoms with Crippen molar-refractivity contribution in [2.24, 2.45) is 0 Å². The van der Waals surface area contributed by atoms with Gasteiger partial charge in [0.2, 0.25) is 0 Å². The molecule has 0 aromatic carbocycles. The third kappa shape index (κ3) is 1.99. The summed E-state index contributed by atoms with van der Waals surface area (Å²) in [5.41, 5.74) is 0. The van der Waals surface area contributed by atoms with Crippen molar-refractivity contribution in [2.75, 3.05) is 0 Å². The second-order valence-electron chi connectivity index (χ2n) is 5.28. The maximum Gasteiger partial charge on any atom is 0.0858 e. The molecule has 0 N–H and O–H groups in total. The van der Waals surface area contributed by atoms with Crippen LogP contribution in [0.1, 0.15) is 39.5 Å². The lowest BCUT2D eigenvalue weighted by molar-refractivity contribution is 0.327. The minimum atomic E-state index is -1.12. The molecule has 1 aliphatic heterocycles. The zero-order valence-electron chi connectivity index (χ0n) is 9.81. The van der Waals surface area contributed by atoms with Crippen LogP contribution in [-0.2, 0) is 4.74 Å². The minimum Gasteiger partial charge on any atom is -0.370 e. The molecule has 1 rings (SSSR count). The average molecular weight is 200 g/mol. The summed E-state index contributed by atoms with van der Waals surface area (Å²) in [5, 5.41) is 0.345. The van der Waals surface area contributed by atoms with Crippen molar-refractivity contribution in [3.8, 4) is 0 Å². The van der Waals surface area contributed by atoms with Crippen molar-refractivity contribution in [3.05, 3.63) is 0 Å².